The third-order valence-electron chi connectivity index (χ3n) is 4.77. The molecule has 5 nitrogen and oxygen atoms in total. The highest BCUT2D eigenvalue weighted by molar-refractivity contribution is 5.80. The largest absolute Gasteiger partial charge is 0.376 e. The SMILES string of the molecule is O=C(NC1(c2ccccc2)COC1)C1CCc2[nH]ncc2C1. The number of amides is 1. The summed E-state index contributed by atoms with van der Waals surface area (Å²) < 4.78 is 5.40. The molecule has 0 spiro atoms. The van der Waals surface area contributed by atoms with Crippen molar-refractivity contribution >= 4 is 5.91 Å². The summed E-state index contributed by atoms with van der Waals surface area (Å²) in [6, 6.07) is 10.1. The van der Waals surface area contributed by atoms with E-state index in [1.54, 1.807) is 0 Å². The van der Waals surface area contributed by atoms with Crippen LogP contribution in [0.15, 0.2) is 36.5 Å². The molecule has 114 valence electrons. The maximum absolute atomic E-state index is 12.7. The van der Waals surface area contributed by atoms with Crippen molar-refractivity contribution in [2.24, 2.45) is 5.92 Å². The van der Waals surface area contributed by atoms with Crippen molar-refractivity contribution in [2.45, 2.75) is 24.8 Å². The molecular formula is C17H19N3O2. The molecule has 2 aromatic rings. The minimum absolute atomic E-state index is 0.0197. The van der Waals surface area contributed by atoms with Gasteiger partial charge in [-0.05, 0) is 30.4 Å². The van der Waals surface area contributed by atoms with Crippen LogP contribution in [0.2, 0.25) is 0 Å². The fraction of sp³-hybridized carbons (Fsp3) is 0.412. The molecule has 1 aromatic carbocycles. The minimum atomic E-state index is -0.352. The number of rotatable bonds is 3. The summed E-state index contributed by atoms with van der Waals surface area (Å²) in [5, 5.41) is 10.3. The molecule has 5 heteroatoms. The molecule has 1 saturated heterocycles. The number of nitrogens with one attached hydrogen (secondary N) is 2. The summed E-state index contributed by atoms with van der Waals surface area (Å²) in [5.41, 5.74) is 3.11. The predicted molar refractivity (Wildman–Crippen MR) is 81.2 cm³/mol. The number of hydrogen-bond acceptors (Lipinski definition) is 3. The van der Waals surface area contributed by atoms with Gasteiger partial charge in [-0.1, -0.05) is 30.3 Å². The number of aryl methyl sites for hydroxylation is 1. The number of carbonyl (C=O) groups excluding carboxylic acids is 1. The van der Waals surface area contributed by atoms with Crippen molar-refractivity contribution in [3.63, 3.8) is 0 Å². The van der Waals surface area contributed by atoms with Gasteiger partial charge in [-0.15, -0.1) is 0 Å². The van der Waals surface area contributed by atoms with Crippen LogP contribution in [-0.2, 0) is 27.9 Å². The molecule has 22 heavy (non-hydrogen) atoms. The quantitative estimate of drug-likeness (QED) is 0.903. The second-order valence-corrected chi connectivity index (χ2v) is 6.24. The van der Waals surface area contributed by atoms with E-state index in [4.69, 9.17) is 4.74 Å². The number of aromatic amines is 1. The first-order valence-electron chi connectivity index (χ1n) is 7.73. The Labute approximate surface area is 129 Å². The van der Waals surface area contributed by atoms with Gasteiger partial charge in [-0.2, -0.15) is 5.10 Å². The molecule has 2 N–H and O–H groups in total. The van der Waals surface area contributed by atoms with Crippen LogP contribution in [0.4, 0.5) is 0 Å². The van der Waals surface area contributed by atoms with Gasteiger partial charge in [0, 0.05) is 11.6 Å². The van der Waals surface area contributed by atoms with E-state index in [-0.39, 0.29) is 17.4 Å². The number of hydrogen-bond donors (Lipinski definition) is 2. The zero-order valence-electron chi connectivity index (χ0n) is 12.3. The first-order valence-corrected chi connectivity index (χ1v) is 7.73. The number of nitrogens with zero attached hydrogens (tertiary/aromatic N) is 1. The number of aromatic nitrogens is 2. The molecule has 1 unspecified atom stereocenters. The van der Waals surface area contributed by atoms with Crippen molar-refractivity contribution in [3.8, 4) is 0 Å². The van der Waals surface area contributed by atoms with E-state index < -0.39 is 0 Å². The smallest absolute Gasteiger partial charge is 0.224 e. The molecule has 1 fully saturated rings. The van der Waals surface area contributed by atoms with Gasteiger partial charge in [0.15, 0.2) is 0 Å². The zero-order chi connectivity index (χ0) is 15.0. The van der Waals surface area contributed by atoms with Crippen LogP contribution in [0, 0.1) is 5.92 Å². The van der Waals surface area contributed by atoms with E-state index in [9.17, 15) is 4.79 Å². The Hall–Kier alpha value is -2.14. The summed E-state index contributed by atoms with van der Waals surface area (Å²) in [6.45, 7) is 1.10. The van der Waals surface area contributed by atoms with Gasteiger partial charge >= 0.3 is 0 Å². The zero-order valence-corrected chi connectivity index (χ0v) is 12.3. The van der Waals surface area contributed by atoms with Crippen molar-refractivity contribution in [1.29, 1.82) is 0 Å². The molecule has 0 saturated carbocycles. The molecule has 0 bridgehead atoms. The van der Waals surface area contributed by atoms with E-state index >= 15 is 0 Å². The van der Waals surface area contributed by atoms with Crippen LogP contribution in [-0.4, -0.2) is 29.3 Å². The summed E-state index contributed by atoms with van der Waals surface area (Å²) in [4.78, 5) is 12.7. The lowest BCUT2D eigenvalue weighted by Gasteiger charge is -2.43. The highest BCUT2D eigenvalue weighted by Gasteiger charge is 2.43. The van der Waals surface area contributed by atoms with E-state index in [0.29, 0.717) is 13.2 Å². The first-order chi connectivity index (χ1) is 10.8. The number of ether oxygens (including phenoxy) is 1. The molecule has 1 aromatic heterocycles. The van der Waals surface area contributed by atoms with Crippen LogP contribution in [0.3, 0.4) is 0 Å². The number of benzene rings is 1. The van der Waals surface area contributed by atoms with Crippen LogP contribution < -0.4 is 5.32 Å². The van der Waals surface area contributed by atoms with E-state index in [1.807, 2.05) is 24.4 Å². The third-order valence-corrected chi connectivity index (χ3v) is 4.77. The fourth-order valence-corrected chi connectivity index (χ4v) is 3.35. The average molecular weight is 297 g/mol. The topological polar surface area (TPSA) is 67.0 Å². The maximum atomic E-state index is 12.7. The highest BCUT2D eigenvalue weighted by atomic mass is 16.5. The van der Waals surface area contributed by atoms with E-state index in [1.165, 1.54) is 11.3 Å². The van der Waals surface area contributed by atoms with Crippen molar-refractivity contribution < 1.29 is 9.53 Å². The van der Waals surface area contributed by atoms with Gasteiger partial charge in [-0.3, -0.25) is 9.89 Å². The Kier molecular flexibility index (Phi) is 3.22. The fourth-order valence-electron chi connectivity index (χ4n) is 3.35. The van der Waals surface area contributed by atoms with Crippen LogP contribution in [0.25, 0.3) is 0 Å². The lowest BCUT2D eigenvalue weighted by Crippen LogP contribution is -2.60. The van der Waals surface area contributed by atoms with Crippen molar-refractivity contribution in [1.82, 2.24) is 15.5 Å². The minimum Gasteiger partial charge on any atom is -0.376 e. The molecule has 4 rings (SSSR count). The average Bonchev–Trinajstić information content (AvgIpc) is 2.99. The Morgan fingerprint density at radius 2 is 2.14 bits per heavy atom. The van der Waals surface area contributed by atoms with Gasteiger partial charge in [0.2, 0.25) is 5.91 Å². The Bertz CT molecular complexity index is 676. The predicted octanol–water partition coefficient (Wildman–Crippen LogP) is 1.56. The molecule has 1 atom stereocenters. The summed E-state index contributed by atoms with van der Waals surface area (Å²) >= 11 is 0. The lowest BCUT2D eigenvalue weighted by atomic mass is 9.84. The molecule has 1 aliphatic heterocycles. The van der Waals surface area contributed by atoms with Crippen LogP contribution >= 0.6 is 0 Å². The monoisotopic (exact) mass is 297 g/mol. The molecule has 0 radical (unpaired) electrons. The first kappa shape index (κ1) is 13.5. The highest BCUT2D eigenvalue weighted by Crippen LogP contribution is 2.31. The molecule has 1 aliphatic carbocycles. The summed E-state index contributed by atoms with van der Waals surface area (Å²) in [7, 11) is 0. The standard InChI is InChI=1S/C17H19N3O2/c21-16(12-6-7-15-13(8-12)9-18-20-15)19-17(10-22-11-17)14-4-2-1-3-5-14/h1-5,9,12H,6-8,10-11H2,(H,18,20)(H,19,21). The van der Waals surface area contributed by atoms with Gasteiger partial charge in [-0.25, -0.2) is 0 Å². The summed E-state index contributed by atoms with van der Waals surface area (Å²) in [5.74, 6) is 0.144. The Balaban J connectivity index is 1.50. The Morgan fingerprint density at radius 1 is 1.32 bits per heavy atom. The van der Waals surface area contributed by atoms with E-state index in [2.05, 4.69) is 27.6 Å². The molecule has 2 aliphatic rings. The molecule has 1 amide bonds. The van der Waals surface area contributed by atoms with Crippen molar-refractivity contribution in [3.05, 3.63) is 53.3 Å². The normalized spacial score (nSPS) is 22.5. The van der Waals surface area contributed by atoms with Gasteiger partial charge in [0.05, 0.1) is 19.4 Å². The van der Waals surface area contributed by atoms with Crippen LogP contribution in [0.1, 0.15) is 23.2 Å². The summed E-state index contributed by atoms with van der Waals surface area (Å²) in [6.07, 6.45) is 4.37. The third kappa shape index (κ3) is 2.22. The van der Waals surface area contributed by atoms with Gasteiger partial charge < -0.3 is 10.1 Å². The Morgan fingerprint density at radius 3 is 2.86 bits per heavy atom. The van der Waals surface area contributed by atoms with Gasteiger partial charge in [0.25, 0.3) is 0 Å². The number of carbonyl (C=O) groups is 1. The second kappa shape index (κ2) is 5.25. The maximum Gasteiger partial charge on any atom is 0.224 e. The van der Waals surface area contributed by atoms with Crippen LogP contribution in [0.5, 0.6) is 0 Å². The molecular weight excluding hydrogens is 278 g/mol. The number of H-pyrrole nitrogens is 1. The second-order valence-electron chi connectivity index (χ2n) is 6.24. The molecule has 2 heterocycles. The van der Waals surface area contributed by atoms with E-state index in [0.717, 1.165) is 24.8 Å². The van der Waals surface area contributed by atoms with Crippen molar-refractivity contribution in [2.75, 3.05) is 13.2 Å². The number of fused-ring (bicyclic) bond motifs is 1. The lowest BCUT2D eigenvalue weighted by molar-refractivity contribution is -0.138. The van der Waals surface area contributed by atoms with Gasteiger partial charge in [0.1, 0.15) is 5.54 Å².